The summed E-state index contributed by atoms with van der Waals surface area (Å²) in [6, 6.07) is 5.07. The van der Waals surface area contributed by atoms with Gasteiger partial charge in [-0.25, -0.2) is 4.68 Å². The zero-order chi connectivity index (χ0) is 15.9. The van der Waals surface area contributed by atoms with E-state index < -0.39 is 0 Å². The van der Waals surface area contributed by atoms with E-state index in [4.69, 9.17) is 16.3 Å². The normalized spacial score (nSPS) is 10.5. The number of carbonyl (C=O) groups excluding carboxylic acids is 1. The molecule has 1 N–H and O–H groups in total. The molecule has 0 saturated carbocycles. The minimum absolute atomic E-state index is 0.122. The number of halogens is 1. The number of methoxy groups -OCH3 is 1. The van der Waals surface area contributed by atoms with Crippen molar-refractivity contribution in [2.75, 3.05) is 18.2 Å². The first-order valence-corrected chi connectivity index (χ1v) is 8.02. The van der Waals surface area contributed by atoms with Crippen LogP contribution in [0.1, 0.15) is 13.3 Å². The SMILES string of the molecule is CCn1nnnc1SCCC(=O)Nc1cc(Cl)ccc1OC. The van der Waals surface area contributed by atoms with Crippen LogP contribution in [0.5, 0.6) is 5.75 Å². The lowest BCUT2D eigenvalue weighted by atomic mass is 10.3. The third-order valence-corrected chi connectivity index (χ3v) is 3.99. The fourth-order valence-corrected chi connectivity index (χ4v) is 2.77. The lowest BCUT2D eigenvalue weighted by molar-refractivity contribution is -0.115. The van der Waals surface area contributed by atoms with Crippen LogP contribution < -0.4 is 10.1 Å². The first-order valence-electron chi connectivity index (χ1n) is 6.66. The largest absolute Gasteiger partial charge is 0.495 e. The number of thioether (sulfide) groups is 1. The third kappa shape index (κ3) is 4.35. The van der Waals surface area contributed by atoms with Crippen LogP contribution in [0.3, 0.4) is 0 Å². The van der Waals surface area contributed by atoms with Gasteiger partial charge in [-0.05, 0) is 35.5 Å². The third-order valence-electron chi connectivity index (χ3n) is 2.79. The number of aromatic nitrogens is 4. The molecule has 0 fully saturated rings. The Hall–Kier alpha value is -1.80. The molecule has 0 saturated heterocycles. The van der Waals surface area contributed by atoms with Crippen LogP contribution in [-0.4, -0.2) is 39.0 Å². The fraction of sp³-hybridized carbons (Fsp3) is 0.385. The maximum atomic E-state index is 12.0. The number of rotatable bonds is 7. The average Bonchev–Trinajstić information content (AvgIpc) is 2.95. The topological polar surface area (TPSA) is 81.9 Å². The van der Waals surface area contributed by atoms with Crippen molar-refractivity contribution in [2.45, 2.75) is 25.0 Å². The van der Waals surface area contributed by atoms with Gasteiger partial charge < -0.3 is 10.1 Å². The van der Waals surface area contributed by atoms with Crippen LogP contribution in [0.15, 0.2) is 23.4 Å². The monoisotopic (exact) mass is 341 g/mol. The summed E-state index contributed by atoms with van der Waals surface area (Å²) in [4.78, 5) is 12.0. The maximum absolute atomic E-state index is 12.0. The number of benzene rings is 1. The molecule has 1 amide bonds. The summed E-state index contributed by atoms with van der Waals surface area (Å²) in [5, 5.41) is 15.4. The van der Waals surface area contributed by atoms with Crippen molar-refractivity contribution in [3.63, 3.8) is 0 Å². The van der Waals surface area contributed by atoms with E-state index in [9.17, 15) is 4.79 Å². The smallest absolute Gasteiger partial charge is 0.225 e. The number of hydrogen-bond acceptors (Lipinski definition) is 6. The number of aryl methyl sites for hydroxylation is 1. The Balaban J connectivity index is 1.87. The Bertz CT molecular complexity index is 649. The van der Waals surface area contributed by atoms with Crippen molar-refractivity contribution < 1.29 is 9.53 Å². The van der Waals surface area contributed by atoms with Crippen molar-refractivity contribution in [3.05, 3.63) is 23.2 Å². The van der Waals surface area contributed by atoms with Gasteiger partial charge in [0.2, 0.25) is 11.1 Å². The highest BCUT2D eigenvalue weighted by Crippen LogP contribution is 2.27. The quantitative estimate of drug-likeness (QED) is 0.779. The second-order valence-electron chi connectivity index (χ2n) is 4.27. The van der Waals surface area contributed by atoms with E-state index >= 15 is 0 Å². The Morgan fingerprint density at radius 1 is 1.50 bits per heavy atom. The first-order chi connectivity index (χ1) is 10.6. The number of hydrogen-bond donors (Lipinski definition) is 1. The van der Waals surface area contributed by atoms with Crippen LogP contribution in [0.4, 0.5) is 5.69 Å². The number of ether oxygens (including phenoxy) is 1. The van der Waals surface area contributed by atoms with Crippen LogP contribution in [0.2, 0.25) is 5.02 Å². The van der Waals surface area contributed by atoms with E-state index in [0.29, 0.717) is 40.3 Å². The van der Waals surface area contributed by atoms with Gasteiger partial charge in [0.05, 0.1) is 12.8 Å². The molecule has 0 atom stereocenters. The predicted octanol–water partition coefficient (Wildman–Crippen LogP) is 2.48. The lowest BCUT2D eigenvalue weighted by Crippen LogP contribution is -2.13. The highest BCUT2D eigenvalue weighted by Gasteiger charge is 2.10. The Morgan fingerprint density at radius 2 is 2.32 bits per heavy atom. The molecule has 0 aliphatic rings. The van der Waals surface area contributed by atoms with Gasteiger partial charge in [0, 0.05) is 23.7 Å². The summed E-state index contributed by atoms with van der Waals surface area (Å²) < 4.78 is 6.87. The van der Waals surface area contributed by atoms with Gasteiger partial charge in [0.15, 0.2) is 0 Å². The van der Waals surface area contributed by atoms with Crippen LogP contribution in [0, 0.1) is 0 Å². The maximum Gasteiger partial charge on any atom is 0.225 e. The molecule has 0 bridgehead atoms. The van der Waals surface area contributed by atoms with E-state index in [1.54, 1.807) is 30.0 Å². The lowest BCUT2D eigenvalue weighted by Gasteiger charge is -2.10. The summed E-state index contributed by atoms with van der Waals surface area (Å²) in [6.45, 7) is 2.65. The molecule has 0 unspecified atom stereocenters. The summed E-state index contributed by atoms with van der Waals surface area (Å²) in [7, 11) is 1.54. The van der Waals surface area contributed by atoms with E-state index in [-0.39, 0.29) is 5.91 Å². The standard InChI is InChI=1S/C13H16ClN5O2S/c1-3-19-13(16-17-18-19)22-7-6-12(20)15-10-8-9(14)4-5-11(10)21-2/h4-5,8H,3,6-7H2,1-2H3,(H,15,20). The van der Waals surface area contributed by atoms with Crippen molar-refractivity contribution in [2.24, 2.45) is 0 Å². The minimum atomic E-state index is -0.122. The average molecular weight is 342 g/mol. The van der Waals surface area contributed by atoms with Gasteiger partial charge in [-0.2, -0.15) is 0 Å². The van der Waals surface area contributed by atoms with E-state index in [2.05, 4.69) is 20.8 Å². The molecule has 7 nitrogen and oxygen atoms in total. The van der Waals surface area contributed by atoms with Gasteiger partial charge in [-0.3, -0.25) is 4.79 Å². The molecule has 0 aliphatic carbocycles. The molecule has 22 heavy (non-hydrogen) atoms. The summed E-state index contributed by atoms with van der Waals surface area (Å²) >= 11 is 7.37. The minimum Gasteiger partial charge on any atom is -0.495 e. The predicted molar refractivity (Wildman–Crippen MR) is 85.5 cm³/mol. The summed E-state index contributed by atoms with van der Waals surface area (Å²) in [6.07, 6.45) is 0.330. The number of nitrogens with one attached hydrogen (secondary N) is 1. The first kappa shape index (κ1) is 16.6. The molecule has 9 heteroatoms. The molecule has 0 radical (unpaired) electrons. The van der Waals surface area contributed by atoms with E-state index in [0.717, 1.165) is 0 Å². The van der Waals surface area contributed by atoms with E-state index in [1.165, 1.54) is 11.8 Å². The number of amides is 1. The van der Waals surface area contributed by atoms with Crippen molar-refractivity contribution in [1.82, 2.24) is 20.2 Å². The van der Waals surface area contributed by atoms with E-state index in [1.807, 2.05) is 6.92 Å². The molecule has 0 aliphatic heterocycles. The molecular weight excluding hydrogens is 326 g/mol. The number of tetrazole rings is 1. The van der Waals surface area contributed by atoms with Gasteiger partial charge in [-0.1, -0.05) is 23.4 Å². The summed E-state index contributed by atoms with van der Waals surface area (Å²) in [5.74, 6) is 1.03. The van der Waals surface area contributed by atoms with Gasteiger partial charge >= 0.3 is 0 Å². The Labute approximate surface area is 137 Å². The van der Waals surface area contributed by atoms with Crippen LogP contribution in [0.25, 0.3) is 0 Å². The molecule has 118 valence electrons. The molecule has 2 rings (SSSR count). The molecule has 1 aromatic carbocycles. The molecule has 1 heterocycles. The second kappa shape index (κ2) is 8.00. The molecule has 1 aromatic heterocycles. The van der Waals surface area contributed by atoms with Gasteiger partial charge in [0.25, 0.3) is 0 Å². The number of anilines is 1. The van der Waals surface area contributed by atoms with Crippen molar-refractivity contribution in [1.29, 1.82) is 0 Å². The van der Waals surface area contributed by atoms with Crippen LogP contribution >= 0.6 is 23.4 Å². The summed E-state index contributed by atoms with van der Waals surface area (Å²) in [5.41, 5.74) is 0.559. The zero-order valence-corrected chi connectivity index (χ0v) is 13.8. The second-order valence-corrected chi connectivity index (χ2v) is 5.77. The zero-order valence-electron chi connectivity index (χ0n) is 12.2. The molecule has 2 aromatic rings. The molecular formula is C13H16ClN5O2S. The molecule has 0 spiro atoms. The van der Waals surface area contributed by atoms with Crippen molar-refractivity contribution >= 4 is 35.0 Å². The highest BCUT2D eigenvalue weighted by atomic mass is 35.5. The fourth-order valence-electron chi connectivity index (χ4n) is 1.72. The Morgan fingerprint density at radius 3 is 3.05 bits per heavy atom. The van der Waals surface area contributed by atoms with Gasteiger partial charge in [-0.15, -0.1) is 5.10 Å². The number of carbonyl (C=O) groups is 1. The van der Waals surface area contributed by atoms with Crippen molar-refractivity contribution in [3.8, 4) is 5.75 Å². The van der Waals surface area contributed by atoms with Gasteiger partial charge in [0.1, 0.15) is 5.75 Å². The number of nitrogens with zero attached hydrogens (tertiary/aromatic N) is 4. The van der Waals surface area contributed by atoms with Crippen LogP contribution in [-0.2, 0) is 11.3 Å². The highest BCUT2D eigenvalue weighted by molar-refractivity contribution is 7.99. The Kier molecular flexibility index (Phi) is 6.02.